The summed E-state index contributed by atoms with van der Waals surface area (Å²) in [6.45, 7) is 2.12. The van der Waals surface area contributed by atoms with Gasteiger partial charge in [0.1, 0.15) is 5.75 Å². The van der Waals surface area contributed by atoms with E-state index in [4.69, 9.17) is 4.74 Å². The molecule has 0 aromatic heterocycles. The van der Waals surface area contributed by atoms with Gasteiger partial charge in [-0.15, -0.1) is 0 Å². The van der Waals surface area contributed by atoms with Crippen LogP contribution in [-0.4, -0.2) is 12.2 Å². The maximum atomic E-state index is 9.35. The minimum atomic E-state index is 0.0300. The minimum absolute atomic E-state index is 0.0300. The fraction of sp³-hybridized carbons (Fsp3) is 0.250. The van der Waals surface area contributed by atoms with E-state index in [0.29, 0.717) is 0 Å². The molecule has 0 spiro atoms. The van der Waals surface area contributed by atoms with Gasteiger partial charge in [-0.3, -0.25) is 0 Å². The lowest BCUT2D eigenvalue weighted by atomic mass is 10.1. The number of methoxy groups -OCH3 is 1. The highest BCUT2D eigenvalue weighted by molar-refractivity contribution is 9.10. The predicted octanol–water partition coefficient (Wildman–Crippen LogP) is 4.12. The van der Waals surface area contributed by atoms with Crippen LogP contribution in [-0.2, 0) is 6.61 Å². The van der Waals surface area contributed by atoms with Crippen molar-refractivity contribution >= 4 is 21.6 Å². The molecule has 20 heavy (non-hydrogen) atoms. The molecule has 2 aromatic carbocycles. The number of nitrogens with one attached hydrogen (secondary N) is 1. The Labute approximate surface area is 127 Å². The molecule has 2 aromatic rings. The smallest absolute Gasteiger partial charge is 0.133 e. The Kier molecular flexibility index (Phi) is 5.04. The number of para-hydroxylation sites is 1. The first-order valence-corrected chi connectivity index (χ1v) is 7.23. The molecule has 0 amide bonds. The number of anilines is 1. The zero-order valence-electron chi connectivity index (χ0n) is 11.6. The third-order valence-corrected chi connectivity index (χ3v) is 3.86. The highest BCUT2D eigenvalue weighted by Gasteiger charge is 2.10. The maximum absolute atomic E-state index is 9.35. The Morgan fingerprint density at radius 2 is 2.00 bits per heavy atom. The van der Waals surface area contributed by atoms with E-state index >= 15 is 0 Å². The van der Waals surface area contributed by atoms with Crippen molar-refractivity contribution < 1.29 is 9.84 Å². The summed E-state index contributed by atoms with van der Waals surface area (Å²) in [5.41, 5.74) is 2.99. The quantitative estimate of drug-likeness (QED) is 0.863. The lowest BCUT2D eigenvalue weighted by Gasteiger charge is -2.18. The van der Waals surface area contributed by atoms with Crippen LogP contribution in [0.2, 0.25) is 0 Å². The van der Waals surface area contributed by atoms with Gasteiger partial charge < -0.3 is 15.2 Å². The number of aliphatic hydroxyl groups is 1. The summed E-state index contributed by atoms with van der Waals surface area (Å²) in [5, 5.41) is 12.8. The van der Waals surface area contributed by atoms with Gasteiger partial charge in [-0.05, 0) is 46.6 Å². The van der Waals surface area contributed by atoms with Crippen molar-refractivity contribution in [3.05, 3.63) is 58.1 Å². The number of aliphatic hydroxyl groups excluding tert-OH is 1. The first-order chi connectivity index (χ1) is 9.65. The molecule has 3 nitrogen and oxygen atoms in total. The lowest BCUT2D eigenvalue weighted by molar-refractivity contribution is 0.282. The number of ether oxygens (including phenoxy) is 1. The van der Waals surface area contributed by atoms with E-state index < -0.39 is 0 Å². The number of hydrogen-bond acceptors (Lipinski definition) is 3. The molecule has 0 aliphatic rings. The second kappa shape index (κ2) is 6.77. The second-order valence-corrected chi connectivity index (χ2v) is 5.43. The molecule has 106 valence electrons. The molecule has 0 aliphatic carbocycles. The number of hydrogen-bond donors (Lipinski definition) is 2. The van der Waals surface area contributed by atoms with Gasteiger partial charge in [-0.25, -0.2) is 0 Å². The van der Waals surface area contributed by atoms with Crippen LogP contribution in [0, 0.1) is 0 Å². The Bertz CT molecular complexity index is 586. The van der Waals surface area contributed by atoms with Crippen LogP contribution in [0.5, 0.6) is 5.75 Å². The average Bonchev–Trinajstić information content (AvgIpc) is 2.47. The second-order valence-electron chi connectivity index (χ2n) is 4.58. The topological polar surface area (TPSA) is 41.5 Å². The molecule has 0 radical (unpaired) electrons. The Morgan fingerprint density at radius 3 is 2.65 bits per heavy atom. The van der Waals surface area contributed by atoms with Gasteiger partial charge in [0.05, 0.1) is 18.2 Å². The molecule has 0 heterocycles. The third kappa shape index (κ3) is 3.32. The first kappa shape index (κ1) is 14.9. The van der Waals surface area contributed by atoms with Gasteiger partial charge in [0.2, 0.25) is 0 Å². The first-order valence-electron chi connectivity index (χ1n) is 6.44. The van der Waals surface area contributed by atoms with Crippen LogP contribution in [0.4, 0.5) is 5.69 Å². The fourth-order valence-corrected chi connectivity index (χ4v) is 2.63. The highest BCUT2D eigenvalue weighted by atomic mass is 79.9. The zero-order chi connectivity index (χ0) is 14.5. The average molecular weight is 336 g/mol. The molecule has 0 aliphatic heterocycles. The fourth-order valence-electron chi connectivity index (χ4n) is 2.07. The van der Waals surface area contributed by atoms with E-state index in [1.807, 2.05) is 42.5 Å². The molecule has 1 atom stereocenters. The molecule has 2 N–H and O–H groups in total. The van der Waals surface area contributed by atoms with E-state index in [1.165, 1.54) is 0 Å². The van der Waals surface area contributed by atoms with Crippen molar-refractivity contribution in [3.63, 3.8) is 0 Å². The van der Waals surface area contributed by atoms with Crippen LogP contribution in [0.15, 0.2) is 46.9 Å². The summed E-state index contributed by atoms with van der Waals surface area (Å²) in [6.07, 6.45) is 0. The lowest BCUT2D eigenvalue weighted by Crippen LogP contribution is -2.08. The van der Waals surface area contributed by atoms with Crippen LogP contribution in [0.3, 0.4) is 0 Å². The van der Waals surface area contributed by atoms with Gasteiger partial charge in [0.25, 0.3) is 0 Å². The predicted molar refractivity (Wildman–Crippen MR) is 85.1 cm³/mol. The van der Waals surface area contributed by atoms with E-state index in [9.17, 15) is 5.11 Å². The summed E-state index contributed by atoms with van der Waals surface area (Å²) < 4.78 is 6.17. The molecular formula is C16H18BrNO2. The van der Waals surface area contributed by atoms with Crippen molar-refractivity contribution in [2.45, 2.75) is 19.6 Å². The molecule has 0 fully saturated rings. The van der Waals surface area contributed by atoms with Crippen LogP contribution >= 0.6 is 15.9 Å². The van der Waals surface area contributed by atoms with Crippen molar-refractivity contribution in [1.29, 1.82) is 0 Å². The Balaban J connectivity index is 2.19. The summed E-state index contributed by atoms with van der Waals surface area (Å²) >= 11 is 3.50. The van der Waals surface area contributed by atoms with Crippen LogP contribution in [0.1, 0.15) is 24.1 Å². The van der Waals surface area contributed by atoms with Gasteiger partial charge >= 0.3 is 0 Å². The summed E-state index contributed by atoms with van der Waals surface area (Å²) in [6, 6.07) is 13.9. The van der Waals surface area contributed by atoms with E-state index in [2.05, 4.69) is 28.2 Å². The van der Waals surface area contributed by atoms with Crippen molar-refractivity contribution in [3.8, 4) is 5.75 Å². The van der Waals surface area contributed by atoms with Crippen molar-refractivity contribution in [2.24, 2.45) is 0 Å². The van der Waals surface area contributed by atoms with E-state index in [1.54, 1.807) is 7.11 Å². The molecular weight excluding hydrogens is 318 g/mol. The van der Waals surface area contributed by atoms with E-state index in [-0.39, 0.29) is 12.6 Å². The van der Waals surface area contributed by atoms with Gasteiger partial charge in [-0.1, -0.05) is 24.3 Å². The Morgan fingerprint density at radius 1 is 1.25 bits per heavy atom. The number of benzene rings is 2. The van der Waals surface area contributed by atoms with Gasteiger partial charge in [-0.2, -0.15) is 0 Å². The largest absolute Gasteiger partial charge is 0.496 e. The van der Waals surface area contributed by atoms with Gasteiger partial charge in [0, 0.05) is 17.3 Å². The maximum Gasteiger partial charge on any atom is 0.133 e. The minimum Gasteiger partial charge on any atom is -0.496 e. The summed E-state index contributed by atoms with van der Waals surface area (Å²) in [4.78, 5) is 0. The molecule has 4 heteroatoms. The SMILES string of the molecule is COc1ccc(C(C)Nc2ccccc2CO)cc1Br. The number of halogens is 1. The van der Waals surface area contributed by atoms with Crippen LogP contribution < -0.4 is 10.1 Å². The standard InChI is InChI=1S/C16H18BrNO2/c1-11(12-7-8-16(20-2)14(17)9-12)18-15-6-4-3-5-13(15)10-19/h3-9,11,18-19H,10H2,1-2H3. The molecule has 2 rings (SSSR count). The molecule has 0 saturated carbocycles. The third-order valence-electron chi connectivity index (χ3n) is 3.24. The summed E-state index contributed by atoms with van der Waals surface area (Å²) in [5.74, 6) is 0.816. The van der Waals surface area contributed by atoms with E-state index in [0.717, 1.165) is 27.0 Å². The monoisotopic (exact) mass is 335 g/mol. The molecule has 0 bridgehead atoms. The number of rotatable bonds is 5. The molecule has 0 saturated heterocycles. The van der Waals surface area contributed by atoms with Crippen LogP contribution in [0.25, 0.3) is 0 Å². The van der Waals surface area contributed by atoms with Crippen molar-refractivity contribution in [1.82, 2.24) is 0 Å². The molecule has 1 unspecified atom stereocenters. The van der Waals surface area contributed by atoms with Crippen molar-refractivity contribution in [2.75, 3.05) is 12.4 Å². The van der Waals surface area contributed by atoms with Gasteiger partial charge in [0.15, 0.2) is 0 Å². The Hall–Kier alpha value is -1.52. The zero-order valence-corrected chi connectivity index (χ0v) is 13.1. The summed E-state index contributed by atoms with van der Waals surface area (Å²) in [7, 11) is 1.65. The normalized spacial score (nSPS) is 12.0. The highest BCUT2D eigenvalue weighted by Crippen LogP contribution is 2.29.